The summed E-state index contributed by atoms with van der Waals surface area (Å²) < 4.78 is 0. The number of aromatic nitrogens is 1. The van der Waals surface area contributed by atoms with Crippen molar-refractivity contribution in [3.8, 4) is 10.4 Å². The van der Waals surface area contributed by atoms with E-state index in [2.05, 4.69) is 26.3 Å². The summed E-state index contributed by atoms with van der Waals surface area (Å²) in [5.74, 6) is -3.14. The highest BCUT2D eigenvalue weighted by molar-refractivity contribution is 7.13. The molecule has 1 saturated heterocycles. The molecule has 3 aliphatic rings. The Morgan fingerprint density at radius 2 is 1.54 bits per heavy atom. The van der Waals surface area contributed by atoms with Crippen molar-refractivity contribution in [3.63, 3.8) is 0 Å². The van der Waals surface area contributed by atoms with E-state index in [1.807, 2.05) is 94.4 Å². The number of nitrogens with zero attached hydrogens (tertiary/aromatic N) is 3. The van der Waals surface area contributed by atoms with Gasteiger partial charge in [-0.1, -0.05) is 87.5 Å². The van der Waals surface area contributed by atoms with Crippen LogP contribution < -0.4 is 37.6 Å². The Balaban J connectivity index is 0.881. The van der Waals surface area contributed by atoms with E-state index < -0.39 is 65.4 Å². The van der Waals surface area contributed by atoms with Crippen molar-refractivity contribution in [2.45, 2.75) is 135 Å². The van der Waals surface area contributed by atoms with Gasteiger partial charge in [0.05, 0.1) is 33.9 Å². The van der Waals surface area contributed by atoms with Crippen molar-refractivity contribution < 1.29 is 38.7 Å². The van der Waals surface area contributed by atoms with Gasteiger partial charge >= 0.3 is 0 Å². The van der Waals surface area contributed by atoms with Gasteiger partial charge in [-0.25, -0.2) is 4.98 Å². The summed E-state index contributed by atoms with van der Waals surface area (Å²) in [4.78, 5) is 102. The van der Waals surface area contributed by atoms with E-state index in [0.29, 0.717) is 31.4 Å². The third kappa shape index (κ3) is 12.2. The fraction of sp³-hybridized carbons (Fsp3) is 0.451. The second-order valence-corrected chi connectivity index (χ2v) is 20.3. The largest absolute Gasteiger partial charge is 0.391 e. The molecule has 69 heavy (non-hydrogen) atoms. The second kappa shape index (κ2) is 21.9. The van der Waals surface area contributed by atoms with Gasteiger partial charge in [0, 0.05) is 45.3 Å². The van der Waals surface area contributed by atoms with Gasteiger partial charge in [0.25, 0.3) is 0 Å². The number of thiazole rings is 1. The van der Waals surface area contributed by atoms with Gasteiger partial charge in [-0.15, -0.1) is 11.3 Å². The van der Waals surface area contributed by atoms with E-state index in [1.54, 1.807) is 16.8 Å². The minimum Gasteiger partial charge on any atom is -0.391 e. The standard InChI is InChI=1S/C51H63N9O8S/c1-29-44(69-28-56-29)34-17-15-32(16-18-34)26-55-47(65)39-24-36(61)27-59(39)50(68)45(51(2,3)4)58-42(63)10-5-7-30-11-13-31(14-12-30)25-54-46(64)38(21-22-41(53)62)57-48(66)40-23-35-9-6-8-33-19-20-37(52)49(67)60(40)43(33)35/h6,8-9,11-18,28,36-40,45,61H,5,7,10,19-27,52H2,1-4H3,(H2,53,62)(H,54,64)(H,55,65)(H,57,66)(H,58,63)/t36-,37+,38+,39+,40+,45-/m1/s1. The smallest absolute Gasteiger partial charge is 0.246 e. The van der Waals surface area contributed by atoms with Crippen LogP contribution in [0.15, 0.2) is 72.2 Å². The lowest BCUT2D eigenvalue weighted by Gasteiger charge is -2.35. The SMILES string of the molecule is Cc1ncsc1-c1ccc(CNC(=O)[C@@H]2C[C@@H](O)CN2C(=O)[C@@H](NC(=O)CCCc2ccc(CNC(=O)[C@H](CCC(N)=O)NC(=O)[C@@H]3Cc4cccc5c4N3C(=O)[C@@H](N)CC5)cc2)C(C)(C)C)cc1. The number of hydrogen-bond donors (Lipinski definition) is 7. The molecule has 0 saturated carbocycles. The Hall–Kier alpha value is -6.50. The van der Waals surface area contributed by atoms with Gasteiger partial charge in [0.1, 0.15) is 24.2 Å². The van der Waals surface area contributed by atoms with Crippen LogP contribution >= 0.6 is 11.3 Å². The van der Waals surface area contributed by atoms with Crippen LogP contribution in [0.3, 0.4) is 0 Å². The highest BCUT2D eigenvalue weighted by atomic mass is 32.1. The summed E-state index contributed by atoms with van der Waals surface area (Å²) in [6.45, 7) is 7.83. The lowest BCUT2D eigenvalue weighted by molar-refractivity contribution is -0.144. The molecule has 3 aromatic carbocycles. The number of carbonyl (C=O) groups excluding carboxylic acids is 7. The number of hydrogen-bond acceptors (Lipinski definition) is 11. The lowest BCUT2D eigenvalue weighted by Crippen LogP contribution is -2.57. The minimum absolute atomic E-state index is 0.0247. The van der Waals surface area contributed by atoms with Gasteiger partial charge in [0.2, 0.25) is 41.4 Å². The number of rotatable bonds is 18. The number of benzene rings is 3. The molecule has 6 atom stereocenters. The molecule has 7 rings (SSSR count). The number of nitrogens with one attached hydrogen (secondary N) is 4. The van der Waals surface area contributed by atoms with E-state index in [4.69, 9.17) is 11.5 Å². The average Bonchev–Trinajstić information content (AvgIpc) is 4.03. The molecule has 17 nitrogen and oxygen atoms in total. The molecule has 366 valence electrons. The molecule has 4 aromatic rings. The third-order valence-corrected chi connectivity index (χ3v) is 14.1. The van der Waals surface area contributed by atoms with Gasteiger partial charge in [-0.05, 0) is 77.8 Å². The summed E-state index contributed by atoms with van der Waals surface area (Å²) in [5.41, 5.74) is 19.8. The Labute approximate surface area is 406 Å². The van der Waals surface area contributed by atoms with E-state index in [0.717, 1.165) is 44.0 Å². The molecule has 3 aliphatic heterocycles. The fourth-order valence-electron chi connectivity index (χ4n) is 9.29. The zero-order chi connectivity index (χ0) is 49.6. The molecular formula is C51H63N9O8S. The first-order valence-corrected chi connectivity index (χ1v) is 24.4. The summed E-state index contributed by atoms with van der Waals surface area (Å²) in [6.07, 6.45) is 1.52. The topological polar surface area (TPSA) is 259 Å². The van der Waals surface area contributed by atoms with Crippen LogP contribution in [0.5, 0.6) is 0 Å². The van der Waals surface area contributed by atoms with Crippen molar-refractivity contribution in [1.82, 2.24) is 31.2 Å². The first-order chi connectivity index (χ1) is 32.9. The number of aliphatic hydroxyl groups excluding tert-OH is 1. The van der Waals surface area contributed by atoms with Crippen LogP contribution in [0.4, 0.5) is 5.69 Å². The molecule has 1 fully saturated rings. The van der Waals surface area contributed by atoms with Crippen molar-refractivity contribution in [3.05, 3.63) is 106 Å². The first-order valence-electron chi connectivity index (χ1n) is 23.6. The van der Waals surface area contributed by atoms with Crippen molar-refractivity contribution in [2.75, 3.05) is 11.4 Å². The van der Waals surface area contributed by atoms with E-state index in [-0.39, 0.29) is 69.5 Å². The molecule has 9 N–H and O–H groups in total. The maximum absolute atomic E-state index is 14.1. The molecule has 0 spiro atoms. The van der Waals surface area contributed by atoms with Crippen LogP contribution in [0.25, 0.3) is 10.4 Å². The van der Waals surface area contributed by atoms with Gasteiger partial charge in [0.15, 0.2) is 0 Å². The maximum Gasteiger partial charge on any atom is 0.246 e. The van der Waals surface area contributed by atoms with Crippen molar-refractivity contribution in [1.29, 1.82) is 0 Å². The highest BCUT2D eigenvalue weighted by Gasteiger charge is 2.45. The maximum atomic E-state index is 14.1. The average molecular weight is 962 g/mol. The number of primary amides is 1. The molecule has 0 radical (unpaired) electrons. The zero-order valence-electron chi connectivity index (χ0n) is 39.6. The number of carbonyl (C=O) groups is 7. The normalized spacial score (nSPS) is 19.5. The number of anilines is 1. The lowest BCUT2D eigenvalue weighted by atomic mass is 9.85. The van der Waals surface area contributed by atoms with Gasteiger partial charge in [-0.2, -0.15) is 0 Å². The van der Waals surface area contributed by atoms with Gasteiger partial charge in [-0.3, -0.25) is 38.5 Å². The monoisotopic (exact) mass is 961 g/mol. The molecule has 0 aliphatic carbocycles. The van der Waals surface area contributed by atoms with Crippen LogP contribution in [0.2, 0.25) is 0 Å². The predicted octanol–water partition coefficient (Wildman–Crippen LogP) is 2.85. The number of amides is 7. The number of para-hydroxylation sites is 1. The fourth-order valence-corrected chi connectivity index (χ4v) is 10.1. The van der Waals surface area contributed by atoms with Crippen LogP contribution in [-0.2, 0) is 65.9 Å². The first kappa shape index (κ1) is 50.4. The minimum atomic E-state index is -1.09. The summed E-state index contributed by atoms with van der Waals surface area (Å²) in [5, 5.41) is 22.1. The molecule has 4 heterocycles. The molecule has 1 aromatic heterocycles. The Kier molecular flexibility index (Phi) is 16.0. The number of aliphatic hydroxyl groups is 1. The Morgan fingerprint density at radius 1 is 0.870 bits per heavy atom. The van der Waals surface area contributed by atoms with Crippen LogP contribution in [-0.4, -0.2) is 99.2 Å². The highest BCUT2D eigenvalue weighted by Crippen LogP contribution is 2.39. The number of likely N-dealkylation sites (tertiary alicyclic amines) is 1. The third-order valence-electron chi connectivity index (χ3n) is 13.1. The van der Waals surface area contributed by atoms with Crippen LogP contribution in [0.1, 0.15) is 92.8 Å². The molecular weight excluding hydrogens is 899 g/mol. The van der Waals surface area contributed by atoms with Crippen molar-refractivity contribution >= 4 is 58.4 Å². The number of β-amino-alcohol motifs (C(OH)–C–C–N with tert-alkyl or cyclic N) is 1. The Bertz CT molecular complexity index is 2560. The van der Waals surface area contributed by atoms with Gasteiger partial charge < -0.3 is 42.7 Å². The molecule has 0 unspecified atom stereocenters. The predicted molar refractivity (Wildman–Crippen MR) is 261 cm³/mol. The summed E-state index contributed by atoms with van der Waals surface area (Å²) in [7, 11) is 0. The number of aryl methyl sites for hydroxylation is 3. The quantitative estimate of drug-likeness (QED) is 0.0768. The number of nitrogens with two attached hydrogens (primary N) is 2. The second-order valence-electron chi connectivity index (χ2n) is 19.4. The molecule has 0 bridgehead atoms. The molecule has 7 amide bonds. The van der Waals surface area contributed by atoms with E-state index in [9.17, 15) is 38.7 Å². The molecule has 18 heteroatoms. The summed E-state index contributed by atoms with van der Waals surface area (Å²) in [6, 6.07) is 16.4. The zero-order valence-corrected chi connectivity index (χ0v) is 40.4. The van der Waals surface area contributed by atoms with E-state index in [1.165, 1.54) is 9.80 Å². The summed E-state index contributed by atoms with van der Waals surface area (Å²) >= 11 is 1.56. The van der Waals surface area contributed by atoms with Crippen LogP contribution in [0, 0.1) is 12.3 Å². The Morgan fingerprint density at radius 3 is 2.20 bits per heavy atom. The van der Waals surface area contributed by atoms with E-state index >= 15 is 0 Å². The van der Waals surface area contributed by atoms with Crippen molar-refractivity contribution in [2.24, 2.45) is 16.9 Å².